The molecular weight excluding hydrogens is 228 g/mol. The van der Waals surface area contributed by atoms with Crippen LogP contribution in [0.25, 0.3) is 0 Å². The number of hydrogen-bond acceptors (Lipinski definition) is 5. The lowest BCUT2D eigenvalue weighted by molar-refractivity contribution is 0.268. The molecule has 92 valence electrons. The molecule has 6 nitrogen and oxygen atoms in total. The van der Waals surface area contributed by atoms with Crippen molar-refractivity contribution in [3.63, 3.8) is 0 Å². The summed E-state index contributed by atoms with van der Waals surface area (Å²) in [5.74, 6) is 0.630. The third-order valence-electron chi connectivity index (χ3n) is 2.03. The third-order valence-corrected chi connectivity index (χ3v) is 3.00. The summed E-state index contributed by atoms with van der Waals surface area (Å²) >= 11 is 0. The predicted molar refractivity (Wildman–Crippen MR) is 62.3 cm³/mol. The zero-order chi connectivity index (χ0) is 12.0. The number of nitrogens with zero attached hydrogens (tertiary/aromatic N) is 3. The summed E-state index contributed by atoms with van der Waals surface area (Å²) in [5.41, 5.74) is 0.821. The van der Waals surface area contributed by atoms with Gasteiger partial charge in [-0.15, -0.1) is 5.10 Å². The van der Waals surface area contributed by atoms with Crippen LogP contribution in [0, 0.1) is 0 Å². The fourth-order valence-electron chi connectivity index (χ4n) is 1.32. The van der Waals surface area contributed by atoms with E-state index in [1.54, 1.807) is 17.1 Å². The zero-order valence-corrected chi connectivity index (χ0v) is 10.4. The van der Waals surface area contributed by atoms with Crippen LogP contribution in [0.4, 0.5) is 0 Å². The Balaban J connectivity index is 2.33. The van der Waals surface area contributed by atoms with Crippen LogP contribution in [-0.4, -0.2) is 49.0 Å². The van der Waals surface area contributed by atoms with Crippen molar-refractivity contribution in [2.45, 2.75) is 26.1 Å². The summed E-state index contributed by atoms with van der Waals surface area (Å²) in [6.45, 7) is 3.10. The van der Waals surface area contributed by atoms with Crippen molar-refractivity contribution in [3.8, 4) is 0 Å². The average molecular weight is 246 g/mol. The molecule has 1 rings (SSSR count). The lowest BCUT2D eigenvalue weighted by Crippen LogP contribution is -2.30. The maximum atomic E-state index is 11.0. The molecule has 0 saturated heterocycles. The maximum absolute atomic E-state index is 11.0. The van der Waals surface area contributed by atoms with Crippen LogP contribution in [0.15, 0.2) is 6.20 Å². The molecule has 1 aromatic heterocycles. The lowest BCUT2D eigenvalue weighted by atomic mass is 10.3. The average Bonchev–Trinajstić information content (AvgIpc) is 2.62. The molecule has 0 aromatic carbocycles. The Morgan fingerprint density at radius 1 is 1.69 bits per heavy atom. The monoisotopic (exact) mass is 246 g/mol. The highest BCUT2D eigenvalue weighted by molar-refractivity contribution is 7.84. The van der Waals surface area contributed by atoms with E-state index in [2.05, 4.69) is 15.6 Å². The minimum atomic E-state index is -0.788. The number of aromatic nitrogens is 3. The molecule has 0 aliphatic heterocycles. The lowest BCUT2D eigenvalue weighted by Gasteiger charge is -2.10. The summed E-state index contributed by atoms with van der Waals surface area (Å²) in [5, 5.41) is 19.7. The van der Waals surface area contributed by atoms with Gasteiger partial charge in [0.15, 0.2) is 0 Å². The molecule has 2 N–H and O–H groups in total. The molecular formula is C9H18N4O2S. The number of rotatable bonds is 7. The van der Waals surface area contributed by atoms with E-state index in [1.807, 2.05) is 6.92 Å². The normalized spacial score (nSPS) is 14.9. The molecule has 0 spiro atoms. The van der Waals surface area contributed by atoms with Crippen LogP contribution < -0.4 is 5.32 Å². The van der Waals surface area contributed by atoms with Crippen molar-refractivity contribution in [3.05, 3.63) is 11.9 Å². The molecule has 16 heavy (non-hydrogen) atoms. The van der Waals surface area contributed by atoms with E-state index in [0.717, 1.165) is 5.69 Å². The molecule has 0 bridgehead atoms. The van der Waals surface area contributed by atoms with E-state index >= 15 is 0 Å². The van der Waals surface area contributed by atoms with Gasteiger partial charge >= 0.3 is 0 Å². The SMILES string of the molecule is CC(CS(C)=O)NCc1cn(CCO)nn1. The van der Waals surface area contributed by atoms with Gasteiger partial charge in [-0.25, -0.2) is 4.68 Å². The van der Waals surface area contributed by atoms with Crippen LogP contribution in [-0.2, 0) is 23.9 Å². The van der Waals surface area contributed by atoms with Crippen LogP contribution >= 0.6 is 0 Å². The highest BCUT2D eigenvalue weighted by atomic mass is 32.2. The molecule has 0 radical (unpaired) electrons. The third kappa shape index (κ3) is 4.82. The van der Waals surface area contributed by atoms with Gasteiger partial charge in [0, 0.05) is 41.6 Å². The first kappa shape index (κ1) is 13.3. The van der Waals surface area contributed by atoms with E-state index in [4.69, 9.17) is 5.11 Å². The van der Waals surface area contributed by atoms with Crippen LogP contribution in [0.3, 0.4) is 0 Å². The van der Waals surface area contributed by atoms with Gasteiger partial charge < -0.3 is 10.4 Å². The molecule has 1 heterocycles. The molecule has 2 unspecified atom stereocenters. The molecule has 0 saturated carbocycles. The first-order valence-electron chi connectivity index (χ1n) is 5.15. The Hall–Kier alpha value is -0.790. The fraction of sp³-hybridized carbons (Fsp3) is 0.778. The van der Waals surface area contributed by atoms with Gasteiger partial charge in [-0.2, -0.15) is 0 Å². The van der Waals surface area contributed by atoms with Crippen molar-refractivity contribution in [2.75, 3.05) is 18.6 Å². The van der Waals surface area contributed by atoms with Crippen LogP contribution in [0.1, 0.15) is 12.6 Å². The Morgan fingerprint density at radius 2 is 2.44 bits per heavy atom. The smallest absolute Gasteiger partial charge is 0.0964 e. The van der Waals surface area contributed by atoms with E-state index in [0.29, 0.717) is 18.8 Å². The number of aliphatic hydroxyl groups excluding tert-OH is 1. The number of nitrogens with one attached hydrogen (secondary N) is 1. The van der Waals surface area contributed by atoms with Crippen molar-refractivity contribution in [1.82, 2.24) is 20.3 Å². The summed E-state index contributed by atoms with van der Waals surface area (Å²) in [6.07, 6.45) is 3.48. The Morgan fingerprint density at radius 3 is 3.06 bits per heavy atom. The van der Waals surface area contributed by atoms with Crippen LogP contribution in [0.5, 0.6) is 0 Å². The topological polar surface area (TPSA) is 80.0 Å². The molecule has 0 fully saturated rings. The van der Waals surface area contributed by atoms with E-state index in [-0.39, 0.29) is 12.6 Å². The van der Waals surface area contributed by atoms with Crippen LogP contribution in [0.2, 0.25) is 0 Å². The number of hydrogen-bond donors (Lipinski definition) is 2. The summed E-state index contributed by atoms with van der Waals surface area (Å²) < 4.78 is 12.6. The van der Waals surface area contributed by atoms with Gasteiger partial charge in [0.1, 0.15) is 0 Å². The van der Waals surface area contributed by atoms with Crippen molar-refractivity contribution < 1.29 is 9.32 Å². The second kappa shape index (κ2) is 6.72. The molecule has 2 atom stereocenters. The first-order chi connectivity index (χ1) is 7.61. The second-order valence-electron chi connectivity index (χ2n) is 3.72. The Kier molecular flexibility index (Phi) is 5.58. The molecule has 0 amide bonds. The van der Waals surface area contributed by atoms with Crippen molar-refractivity contribution in [1.29, 1.82) is 0 Å². The quantitative estimate of drug-likeness (QED) is 0.653. The van der Waals surface area contributed by atoms with Gasteiger partial charge in [-0.05, 0) is 6.92 Å². The molecule has 1 aromatic rings. The largest absolute Gasteiger partial charge is 0.394 e. The van der Waals surface area contributed by atoms with Crippen molar-refractivity contribution in [2.24, 2.45) is 0 Å². The standard InChI is InChI=1S/C9H18N4O2S/c1-8(7-16(2)15)10-5-9-6-13(3-4-14)12-11-9/h6,8,10,14H,3-5,7H2,1-2H3. The van der Waals surface area contributed by atoms with Gasteiger partial charge in [-0.1, -0.05) is 5.21 Å². The van der Waals surface area contributed by atoms with Gasteiger partial charge in [0.05, 0.1) is 18.8 Å². The Bertz CT molecular complexity index is 342. The summed E-state index contributed by atoms with van der Waals surface area (Å²) in [6, 6.07) is 0.189. The molecule has 0 aliphatic carbocycles. The van der Waals surface area contributed by atoms with E-state index in [9.17, 15) is 4.21 Å². The summed E-state index contributed by atoms with van der Waals surface area (Å²) in [4.78, 5) is 0. The van der Waals surface area contributed by atoms with Gasteiger partial charge in [0.25, 0.3) is 0 Å². The number of aliphatic hydroxyl groups is 1. The Labute approximate surface area is 97.5 Å². The summed E-state index contributed by atoms with van der Waals surface area (Å²) in [7, 11) is -0.788. The van der Waals surface area contributed by atoms with Crippen molar-refractivity contribution >= 4 is 10.8 Å². The highest BCUT2D eigenvalue weighted by Crippen LogP contribution is 1.94. The second-order valence-corrected chi connectivity index (χ2v) is 5.20. The van der Waals surface area contributed by atoms with Gasteiger partial charge in [0.2, 0.25) is 0 Å². The minimum Gasteiger partial charge on any atom is -0.394 e. The minimum absolute atomic E-state index is 0.0570. The molecule has 0 aliphatic rings. The predicted octanol–water partition coefficient (Wildman–Crippen LogP) is -0.873. The fourth-order valence-corrected chi connectivity index (χ4v) is 2.14. The molecule has 7 heteroatoms. The van der Waals surface area contributed by atoms with E-state index in [1.165, 1.54) is 0 Å². The zero-order valence-electron chi connectivity index (χ0n) is 9.59. The first-order valence-corrected chi connectivity index (χ1v) is 6.88. The maximum Gasteiger partial charge on any atom is 0.0964 e. The van der Waals surface area contributed by atoms with E-state index < -0.39 is 10.8 Å². The highest BCUT2D eigenvalue weighted by Gasteiger charge is 2.05. The van der Waals surface area contributed by atoms with Gasteiger partial charge in [-0.3, -0.25) is 4.21 Å².